The first-order chi connectivity index (χ1) is 26.3. The Balaban J connectivity index is 1.08. The highest BCUT2D eigenvalue weighted by atomic mass is 32.1. The third-order valence-electron chi connectivity index (χ3n) is 10.2. The highest BCUT2D eigenvalue weighted by Crippen LogP contribution is 2.44. The minimum Gasteiger partial charge on any atom is -0.310 e. The predicted molar refractivity (Wildman–Crippen MR) is 227 cm³/mol. The van der Waals surface area contributed by atoms with Crippen molar-refractivity contribution in [2.45, 2.75) is 0 Å². The highest BCUT2D eigenvalue weighted by molar-refractivity contribution is 7.26. The van der Waals surface area contributed by atoms with Gasteiger partial charge in [-0.3, -0.25) is 0 Å². The number of thiophene rings is 1. The average molecular weight is 695 g/mol. The molecule has 0 fully saturated rings. The largest absolute Gasteiger partial charge is 0.310 e. The van der Waals surface area contributed by atoms with Crippen LogP contribution in [-0.4, -0.2) is 4.57 Å². The van der Waals surface area contributed by atoms with E-state index in [-0.39, 0.29) is 0 Å². The number of rotatable bonds is 7. The van der Waals surface area contributed by atoms with Gasteiger partial charge in [0.15, 0.2) is 0 Å². The lowest BCUT2D eigenvalue weighted by atomic mass is 10.00. The molecule has 2 aromatic heterocycles. The molecule has 0 aliphatic heterocycles. The van der Waals surface area contributed by atoms with Crippen molar-refractivity contribution in [1.29, 1.82) is 0 Å². The Kier molecular flexibility index (Phi) is 7.71. The van der Waals surface area contributed by atoms with Gasteiger partial charge in [0, 0.05) is 38.1 Å². The van der Waals surface area contributed by atoms with Crippen molar-refractivity contribution >= 4 is 59.6 Å². The minimum atomic E-state index is 1.10. The maximum atomic E-state index is 2.44. The number of para-hydroxylation sites is 2. The molecule has 2 heterocycles. The molecule has 0 unspecified atom stereocenters. The lowest BCUT2D eigenvalue weighted by Gasteiger charge is -2.28. The summed E-state index contributed by atoms with van der Waals surface area (Å²) in [5.74, 6) is 0. The van der Waals surface area contributed by atoms with Gasteiger partial charge in [-0.05, 0) is 82.4 Å². The van der Waals surface area contributed by atoms with Gasteiger partial charge in [-0.1, -0.05) is 152 Å². The molecule has 10 rings (SSSR count). The molecule has 8 aromatic carbocycles. The molecule has 53 heavy (non-hydrogen) atoms. The summed E-state index contributed by atoms with van der Waals surface area (Å²) in [6.45, 7) is 0. The van der Waals surface area contributed by atoms with E-state index >= 15 is 0 Å². The molecule has 0 radical (unpaired) electrons. The van der Waals surface area contributed by atoms with Gasteiger partial charge in [0.05, 0.1) is 21.4 Å². The summed E-state index contributed by atoms with van der Waals surface area (Å²) in [4.78, 5) is 2.39. The monoisotopic (exact) mass is 694 g/mol. The molecule has 0 saturated heterocycles. The number of anilines is 3. The van der Waals surface area contributed by atoms with Gasteiger partial charge in [-0.25, -0.2) is 0 Å². The van der Waals surface area contributed by atoms with Crippen LogP contribution in [0.15, 0.2) is 206 Å². The van der Waals surface area contributed by atoms with Crippen LogP contribution < -0.4 is 4.90 Å². The van der Waals surface area contributed by atoms with Crippen molar-refractivity contribution in [3.63, 3.8) is 0 Å². The van der Waals surface area contributed by atoms with Crippen LogP contribution in [0.2, 0.25) is 0 Å². The van der Waals surface area contributed by atoms with E-state index in [4.69, 9.17) is 0 Å². The number of hydrogen-bond acceptors (Lipinski definition) is 2. The molecule has 0 spiro atoms. The normalized spacial score (nSPS) is 11.4. The summed E-state index contributed by atoms with van der Waals surface area (Å²) in [6, 6.07) is 74.4. The number of benzene rings is 8. The first-order valence-corrected chi connectivity index (χ1v) is 18.8. The zero-order chi connectivity index (χ0) is 35.1. The molecule has 0 aliphatic carbocycles. The van der Waals surface area contributed by atoms with Crippen molar-refractivity contribution in [3.05, 3.63) is 206 Å². The third kappa shape index (κ3) is 5.50. The van der Waals surface area contributed by atoms with Gasteiger partial charge < -0.3 is 9.47 Å². The van der Waals surface area contributed by atoms with E-state index in [1.165, 1.54) is 64.6 Å². The molecule has 0 N–H and O–H groups in total. The zero-order valence-corrected chi connectivity index (χ0v) is 29.7. The molecular weight excluding hydrogens is 661 g/mol. The fourth-order valence-corrected chi connectivity index (χ4v) is 8.93. The molecule has 0 saturated carbocycles. The standard InChI is InChI=1S/C50H34N2S/c1-3-14-35(15-4-1)36-26-30-40(31-27-36)51(46-23-10-7-20-43(46)38-16-5-2-6-17-38)42-19-13-18-39(34-42)37-28-32-41(33-29-37)52-47-24-11-8-21-44(47)50-49(52)45-22-9-12-25-48(45)53-50/h1-34H. The fraction of sp³-hybridized carbons (Fsp3) is 0. The van der Waals surface area contributed by atoms with Gasteiger partial charge >= 0.3 is 0 Å². The number of aromatic nitrogens is 1. The van der Waals surface area contributed by atoms with Crippen LogP contribution in [0.25, 0.3) is 70.3 Å². The Hall–Kier alpha value is -6.68. The van der Waals surface area contributed by atoms with Crippen molar-refractivity contribution in [2.24, 2.45) is 0 Å². The number of hydrogen-bond donors (Lipinski definition) is 0. The van der Waals surface area contributed by atoms with Gasteiger partial charge in [-0.15, -0.1) is 11.3 Å². The molecular formula is C50H34N2S. The molecule has 0 aliphatic rings. The van der Waals surface area contributed by atoms with Crippen LogP contribution in [0, 0.1) is 0 Å². The Labute approximate surface area is 313 Å². The lowest BCUT2D eigenvalue weighted by Crippen LogP contribution is -2.11. The zero-order valence-electron chi connectivity index (χ0n) is 28.9. The van der Waals surface area contributed by atoms with Gasteiger partial charge in [0.25, 0.3) is 0 Å². The van der Waals surface area contributed by atoms with E-state index in [0.29, 0.717) is 0 Å². The van der Waals surface area contributed by atoms with Crippen LogP contribution in [-0.2, 0) is 0 Å². The first kappa shape index (κ1) is 31.1. The summed E-state index contributed by atoms with van der Waals surface area (Å²) in [6.07, 6.45) is 0. The van der Waals surface area contributed by atoms with Gasteiger partial charge in [-0.2, -0.15) is 0 Å². The Bertz CT molecular complexity index is 2860. The summed E-state index contributed by atoms with van der Waals surface area (Å²) >= 11 is 1.88. The molecule has 0 atom stereocenters. The van der Waals surface area contributed by atoms with E-state index in [1.807, 2.05) is 11.3 Å². The van der Waals surface area contributed by atoms with Gasteiger partial charge in [0.1, 0.15) is 0 Å². The predicted octanol–water partition coefficient (Wildman–Crippen LogP) is 14.5. The van der Waals surface area contributed by atoms with Crippen LogP contribution >= 0.6 is 11.3 Å². The summed E-state index contributed by atoms with van der Waals surface area (Å²) < 4.78 is 5.09. The van der Waals surface area contributed by atoms with E-state index in [9.17, 15) is 0 Å². The quantitative estimate of drug-likeness (QED) is 0.161. The maximum Gasteiger partial charge on any atom is 0.0727 e. The topological polar surface area (TPSA) is 8.17 Å². The van der Waals surface area contributed by atoms with E-state index in [1.54, 1.807) is 0 Å². The molecule has 0 amide bonds. The fourth-order valence-electron chi connectivity index (χ4n) is 7.70. The Morgan fingerprint density at radius 3 is 1.77 bits per heavy atom. The van der Waals surface area contributed by atoms with Crippen LogP contribution in [0.3, 0.4) is 0 Å². The van der Waals surface area contributed by atoms with Crippen LogP contribution in [0.4, 0.5) is 17.1 Å². The Morgan fingerprint density at radius 1 is 0.396 bits per heavy atom. The van der Waals surface area contributed by atoms with Crippen LogP contribution in [0.1, 0.15) is 0 Å². The van der Waals surface area contributed by atoms with Crippen molar-refractivity contribution in [2.75, 3.05) is 4.90 Å². The summed E-state index contributed by atoms with van der Waals surface area (Å²) in [7, 11) is 0. The number of nitrogens with zero attached hydrogens (tertiary/aromatic N) is 2. The molecule has 250 valence electrons. The van der Waals surface area contributed by atoms with Gasteiger partial charge in [0.2, 0.25) is 0 Å². The second kappa shape index (κ2) is 13.1. The first-order valence-electron chi connectivity index (χ1n) is 18.0. The van der Waals surface area contributed by atoms with Crippen LogP contribution in [0.5, 0.6) is 0 Å². The molecule has 0 bridgehead atoms. The molecule has 2 nitrogen and oxygen atoms in total. The smallest absolute Gasteiger partial charge is 0.0727 e. The second-order valence-electron chi connectivity index (χ2n) is 13.4. The highest BCUT2D eigenvalue weighted by Gasteiger charge is 2.19. The maximum absolute atomic E-state index is 2.44. The third-order valence-corrected chi connectivity index (χ3v) is 11.4. The van der Waals surface area contributed by atoms with E-state index in [0.717, 1.165) is 22.7 Å². The minimum absolute atomic E-state index is 1.10. The van der Waals surface area contributed by atoms with Crippen molar-refractivity contribution in [1.82, 2.24) is 4.57 Å². The second-order valence-corrected chi connectivity index (χ2v) is 14.4. The SMILES string of the molecule is c1ccc(-c2ccc(N(c3cccc(-c4ccc(-n5c6ccccc6c6sc7ccccc7c65)cc4)c3)c3ccccc3-c3ccccc3)cc2)cc1. The van der Waals surface area contributed by atoms with Crippen molar-refractivity contribution < 1.29 is 0 Å². The summed E-state index contributed by atoms with van der Waals surface area (Å²) in [5.41, 5.74) is 14.1. The van der Waals surface area contributed by atoms with Crippen molar-refractivity contribution in [3.8, 4) is 39.1 Å². The Morgan fingerprint density at radius 2 is 0.981 bits per heavy atom. The van der Waals surface area contributed by atoms with E-state index in [2.05, 4.69) is 216 Å². The number of fused-ring (bicyclic) bond motifs is 5. The lowest BCUT2D eigenvalue weighted by molar-refractivity contribution is 1.19. The molecule has 10 aromatic rings. The van der Waals surface area contributed by atoms with E-state index < -0.39 is 0 Å². The average Bonchev–Trinajstić information content (AvgIpc) is 3.77. The molecule has 3 heteroatoms. The summed E-state index contributed by atoms with van der Waals surface area (Å²) in [5, 5.41) is 2.60.